The first kappa shape index (κ1) is 20.2. The Kier molecular flexibility index (Phi) is 4.74. The van der Waals surface area contributed by atoms with Crippen LogP contribution >= 0.6 is 0 Å². The monoisotopic (exact) mass is 421 g/mol. The third-order valence-corrected chi connectivity index (χ3v) is 5.70. The van der Waals surface area contributed by atoms with Crippen LogP contribution in [0.4, 0.5) is 18.0 Å². The average molecular weight is 421 g/mol. The number of carbonyl (C=O) groups excluding carboxylic acids is 2. The molecule has 10 heteroatoms. The standard InChI is InChI=1S/C20H22F3N5O2/c1-10-5-12(3-4-14(10)21)17-16(18(24)29)15-9-27(11(2)8-28(15)26-17)19(30)25-13-6-20(22,23)7-13/h3-5,11,13H,6-9H2,1-2H3,(H2,24,29)(H,25,30). The van der Waals surface area contributed by atoms with Gasteiger partial charge < -0.3 is 16.0 Å². The molecule has 4 rings (SSSR count). The summed E-state index contributed by atoms with van der Waals surface area (Å²) in [5, 5.41) is 7.12. The Morgan fingerprint density at radius 1 is 1.30 bits per heavy atom. The summed E-state index contributed by atoms with van der Waals surface area (Å²) >= 11 is 0. The normalized spacial score (nSPS) is 20.4. The molecule has 1 unspecified atom stereocenters. The van der Waals surface area contributed by atoms with Gasteiger partial charge in [-0.05, 0) is 37.6 Å². The number of hydrogen-bond donors (Lipinski definition) is 2. The lowest BCUT2D eigenvalue weighted by molar-refractivity contribution is -0.0905. The molecule has 160 valence electrons. The van der Waals surface area contributed by atoms with Gasteiger partial charge in [0.1, 0.15) is 11.5 Å². The van der Waals surface area contributed by atoms with Crippen molar-refractivity contribution in [1.29, 1.82) is 0 Å². The highest BCUT2D eigenvalue weighted by molar-refractivity contribution is 6.00. The minimum atomic E-state index is -2.73. The third kappa shape index (κ3) is 3.50. The maximum atomic E-state index is 13.7. The van der Waals surface area contributed by atoms with Crippen LogP contribution in [0.25, 0.3) is 11.3 Å². The highest BCUT2D eigenvalue weighted by Crippen LogP contribution is 2.37. The summed E-state index contributed by atoms with van der Waals surface area (Å²) in [4.78, 5) is 26.4. The lowest BCUT2D eigenvalue weighted by atomic mass is 9.88. The third-order valence-electron chi connectivity index (χ3n) is 5.70. The maximum Gasteiger partial charge on any atom is 0.318 e. The van der Waals surface area contributed by atoms with Crippen molar-refractivity contribution in [2.45, 2.75) is 57.8 Å². The highest BCUT2D eigenvalue weighted by Gasteiger charge is 2.46. The second-order valence-electron chi connectivity index (χ2n) is 8.07. The number of fused-ring (bicyclic) bond motifs is 1. The van der Waals surface area contributed by atoms with Gasteiger partial charge in [-0.15, -0.1) is 0 Å². The van der Waals surface area contributed by atoms with Gasteiger partial charge in [0.2, 0.25) is 0 Å². The van der Waals surface area contributed by atoms with E-state index in [0.717, 1.165) is 0 Å². The van der Waals surface area contributed by atoms with E-state index in [2.05, 4.69) is 10.4 Å². The summed E-state index contributed by atoms with van der Waals surface area (Å²) in [7, 11) is 0. The first-order valence-corrected chi connectivity index (χ1v) is 9.66. The molecule has 1 atom stereocenters. The number of hydrogen-bond acceptors (Lipinski definition) is 3. The van der Waals surface area contributed by atoms with Gasteiger partial charge >= 0.3 is 6.03 Å². The lowest BCUT2D eigenvalue weighted by Crippen LogP contribution is -2.56. The van der Waals surface area contributed by atoms with Crippen molar-refractivity contribution in [2.24, 2.45) is 5.73 Å². The van der Waals surface area contributed by atoms with Crippen LogP contribution in [-0.4, -0.2) is 44.6 Å². The molecule has 30 heavy (non-hydrogen) atoms. The van der Waals surface area contributed by atoms with Crippen LogP contribution in [0, 0.1) is 12.7 Å². The molecule has 0 saturated heterocycles. The van der Waals surface area contributed by atoms with Crippen molar-refractivity contribution in [3.8, 4) is 11.3 Å². The van der Waals surface area contributed by atoms with E-state index in [9.17, 15) is 22.8 Å². The van der Waals surface area contributed by atoms with Crippen LogP contribution in [0.3, 0.4) is 0 Å². The molecule has 3 amide bonds. The molecule has 0 radical (unpaired) electrons. The number of benzene rings is 1. The molecular formula is C20H22F3N5O2. The minimum absolute atomic E-state index is 0.0571. The first-order valence-electron chi connectivity index (χ1n) is 9.66. The lowest BCUT2D eigenvalue weighted by Gasteiger charge is -2.39. The molecule has 1 aliphatic heterocycles. The number of aromatic nitrogens is 2. The molecule has 7 nitrogen and oxygen atoms in total. The van der Waals surface area contributed by atoms with E-state index in [0.29, 0.717) is 29.1 Å². The van der Waals surface area contributed by atoms with Gasteiger partial charge in [-0.1, -0.05) is 0 Å². The van der Waals surface area contributed by atoms with E-state index in [1.165, 1.54) is 17.0 Å². The van der Waals surface area contributed by atoms with Crippen LogP contribution in [0.5, 0.6) is 0 Å². The molecule has 2 heterocycles. The van der Waals surface area contributed by atoms with Crippen LogP contribution in [0.1, 0.15) is 41.4 Å². The Bertz CT molecular complexity index is 1030. The fourth-order valence-corrected chi connectivity index (χ4v) is 4.02. The predicted molar refractivity (Wildman–Crippen MR) is 102 cm³/mol. The molecule has 0 spiro atoms. The Labute approximate surface area is 171 Å². The van der Waals surface area contributed by atoms with Gasteiger partial charge in [0.15, 0.2) is 0 Å². The van der Waals surface area contributed by atoms with E-state index in [1.807, 2.05) is 6.92 Å². The van der Waals surface area contributed by atoms with Gasteiger partial charge in [0, 0.05) is 24.4 Å². The number of urea groups is 1. The average Bonchev–Trinajstić information content (AvgIpc) is 3.00. The van der Waals surface area contributed by atoms with Gasteiger partial charge in [-0.2, -0.15) is 5.10 Å². The number of aryl methyl sites for hydroxylation is 1. The molecule has 2 aromatic rings. The van der Waals surface area contributed by atoms with Gasteiger partial charge in [0.05, 0.1) is 30.4 Å². The Morgan fingerprint density at radius 3 is 2.60 bits per heavy atom. The number of nitrogens with zero attached hydrogens (tertiary/aromatic N) is 3. The number of nitrogens with two attached hydrogens (primary N) is 1. The molecule has 1 saturated carbocycles. The van der Waals surface area contributed by atoms with Crippen LogP contribution in [-0.2, 0) is 13.1 Å². The van der Waals surface area contributed by atoms with Crippen molar-refractivity contribution in [3.05, 3.63) is 40.8 Å². The quantitative estimate of drug-likeness (QED) is 0.798. The van der Waals surface area contributed by atoms with E-state index >= 15 is 0 Å². The van der Waals surface area contributed by atoms with E-state index in [4.69, 9.17) is 5.73 Å². The second kappa shape index (κ2) is 7.03. The van der Waals surface area contributed by atoms with Crippen LogP contribution in [0.2, 0.25) is 0 Å². The zero-order valence-electron chi connectivity index (χ0n) is 16.6. The van der Waals surface area contributed by atoms with Gasteiger partial charge in [0.25, 0.3) is 11.8 Å². The predicted octanol–water partition coefficient (Wildman–Crippen LogP) is 2.81. The fraction of sp³-hybridized carbons (Fsp3) is 0.450. The van der Waals surface area contributed by atoms with Crippen LogP contribution < -0.4 is 11.1 Å². The van der Waals surface area contributed by atoms with Gasteiger partial charge in [-0.3, -0.25) is 9.48 Å². The van der Waals surface area contributed by atoms with Crippen molar-refractivity contribution in [2.75, 3.05) is 0 Å². The number of halogens is 3. The molecule has 0 bridgehead atoms. The summed E-state index contributed by atoms with van der Waals surface area (Å²) in [6, 6.07) is 3.09. The van der Waals surface area contributed by atoms with Crippen molar-refractivity contribution in [3.63, 3.8) is 0 Å². The fourth-order valence-electron chi connectivity index (χ4n) is 4.02. The molecular weight excluding hydrogens is 399 g/mol. The number of nitrogens with one attached hydrogen (secondary N) is 1. The molecule has 1 aromatic heterocycles. The summed E-state index contributed by atoms with van der Waals surface area (Å²) in [5.74, 6) is -3.81. The highest BCUT2D eigenvalue weighted by atomic mass is 19.3. The van der Waals surface area contributed by atoms with E-state index in [-0.39, 0.29) is 36.8 Å². The Hall–Kier alpha value is -3.04. The number of rotatable bonds is 3. The summed E-state index contributed by atoms with van der Waals surface area (Å²) in [6.07, 6.45) is -0.751. The van der Waals surface area contributed by atoms with Crippen molar-refractivity contribution < 1.29 is 22.8 Å². The zero-order valence-corrected chi connectivity index (χ0v) is 16.6. The summed E-state index contributed by atoms with van der Waals surface area (Å²) in [6.45, 7) is 3.79. The summed E-state index contributed by atoms with van der Waals surface area (Å²) in [5.41, 5.74) is 7.53. The second-order valence-corrected chi connectivity index (χ2v) is 8.07. The van der Waals surface area contributed by atoms with Crippen LogP contribution in [0.15, 0.2) is 18.2 Å². The molecule has 1 fully saturated rings. The zero-order chi connectivity index (χ0) is 21.8. The number of primary amides is 1. The topological polar surface area (TPSA) is 93.2 Å². The molecule has 3 N–H and O–H groups in total. The number of carbonyl (C=O) groups is 2. The van der Waals surface area contributed by atoms with Gasteiger partial charge in [-0.25, -0.2) is 18.0 Å². The SMILES string of the molecule is Cc1cc(-c2nn3c(c2C(N)=O)CN(C(=O)NC2CC(F)(F)C2)C(C)C3)ccc1F. The first-order chi connectivity index (χ1) is 14.1. The molecule has 2 aliphatic rings. The largest absolute Gasteiger partial charge is 0.365 e. The van der Waals surface area contributed by atoms with E-state index in [1.54, 1.807) is 17.7 Å². The van der Waals surface area contributed by atoms with Crippen molar-refractivity contribution >= 4 is 11.9 Å². The number of amides is 3. The maximum absolute atomic E-state index is 13.7. The molecule has 1 aromatic carbocycles. The van der Waals surface area contributed by atoms with Crippen molar-refractivity contribution in [1.82, 2.24) is 20.0 Å². The van der Waals surface area contributed by atoms with E-state index < -0.39 is 23.9 Å². The number of alkyl halides is 2. The smallest absolute Gasteiger partial charge is 0.318 e. The summed E-state index contributed by atoms with van der Waals surface area (Å²) < 4.78 is 41.4. The minimum Gasteiger partial charge on any atom is -0.365 e. The molecule has 1 aliphatic carbocycles. The Morgan fingerprint density at radius 2 is 2.00 bits per heavy atom. The Balaban J connectivity index is 1.63.